The maximum absolute atomic E-state index is 5.76. The van der Waals surface area contributed by atoms with Crippen LogP contribution in [-0.4, -0.2) is 13.2 Å². The molecule has 2 nitrogen and oxygen atoms in total. The van der Waals surface area contributed by atoms with Crippen molar-refractivity contribution in [2.45, 2.75) is 64.3 Å². The highest BCUT2D eigenvalue weighted by Crippen LogP contribution is 2.36. The molecule has 1 aliphatic heterocycles. The molecule has 1 unspecified atom stereocenters. The summed E-state index contributed by atoms with van der Waals surface area (Å²) in [6.07, 6.45) is 10.5. The number of ether oxygens (including phenoxy) is 1. The standard InChI is InChI=1S/C19H29NO/c1-2-12-20-19(15-7-4-3-5-8-15)17-10-11-18-16(14-17)9-6-13-21-18/h10-11,14-15,19-20H,2-9,12-13H2,1H3. The third kappa shape index (κ3) is 3.60. The molecule has 0 saturated heterocycles. The normalized spacial score (nSPS) is 20.6. The summed E-state index contributed by atoms with van der Waals surface area (Å²) in [4.78, 5) is 0. The van der Waals surface area contributed by atoms with Crippen molar-refractivity contribution in [3.8, 4) is 5.75 Å². The van der Waals surface area contributed by atoms with Gasteiger partial charge in [0.2, 0.25) is 0 Å². The van der Waals surface area contributed by atoms with Gasteiger partial charge in [-0.2, -0.15) is 0 Å². The van der Waals surface area contributed by atoms with Crippen molar-refractivity contribution in [1.29, 1.82) is 0 Å². The van der Waals surface area contributed by atoms with Crippen LogP contribution in [0.2, 0.25) is 0 Å². The Hall–Kier alpha value is -1.02. The molecular weight excluding hydrogens is 258 g/mol. The van der Waals surface area contributed by atoms with E-state index in [9.17, 15) is 0 Å². The van der Waals surface area contributed by atoms with Gasteiger partial charge in [-0.3, -0.25) is 0 Å². The van der Waals surface area contributed by atoms with Gasteiger partial charge in [-0.1, -0.05) is 38.3 Å². The van der Waals surface area contributed by atoms with Gasteiger partial charge in [-0.15, -0.1) is 0 Å². The summed E-state index contributed by atoms with van der Waals surface area (Å²) in [5, 5.41) is 3.82. The van der Waals surface area contributed by atoms with Crippen molar-refractivity contribution in [2.75, 3.05) is 13.2 Å². The molecule has 116 valence electrons. The molecule has 1 aromatic rings. The molecule has 2 aliphatic rings. The molecule has 3 rings (SSSR count). The number of hydrogen-bond acceptors (Lipinski definition) is 2. The first kappa shape index (κ1) is 14.9. The minimum atomic E-state index is 0.539. The highest BCUT2D eigenvalue weighted by Gasteiger charge is 2.25. The van der Waals surface area contributed by atoms with E-state index in [1.165, 1.54) is 56.1 Å². The molecule has 1 N–H and O–H groups in total. The number of hydrogen-bond donors (Lipinski definition) is 1. The van der Waals surface area contributed by atoms with Crippen LogP contribution in [0.3, 0.4) is 0 Å². The first-order valence-electron chi connectivity index (χ1n) is 8.87. The lowest BCUT2D eigenvalue weighted by atomic mass is 9.80. The summed E-state index contributed by atoms with van der Waals surface area (Å²) in [6.45, 7) is 4.26. The fourth-order valence-electron chi connectivity index (χ4n) is 3.90. The van der Waals surface area contributed by atoms with Gasteiger partial charge in [0.25, 0.3) is 0 Å². The van der Waals surface area contributed by atoms with Crippen molar-refractivity contribution >= 4 is 0 Å². The molecule has 2 heteroatoms. The van der Waals surface area contributed by atoms with Crippen molar-refractivity contribution in [2.24, 2.45) is 5.92 Å². The maximum Gasteiger partial charge on any atom is 0.122 e. The lowest BCUT2D eigenvalue weighted by molar-refractivity contribution is 0.269. The zero-order chi connectivity index (χ0) is 14.5. The predicted molar refractivity (Wildman–Crippen MR) is 87.9 cm³/mol. The topological polar surface area (TPSA) is 21.3 Å². The van der Waals surface area contributed by atoms with Crippen LogP contribution in [0, 0.1) is 5.92 Å². The Morgan fingerprint density at radius 3 is 2.86 bits per heavy atom. The van der Waals surface area contributed by atoms with E-state index in [1.54, 1.807) is 0 Å². The Balaban J connectivity index is 1.80. The molecule has 1 saturated carbocycles. The summed E-state index contributed by atoms with van der Waals surface area (Å²) in [5.74, 6) is 1.93. The fraction of sp³-hybridized carbons (Fsp3) is 0.684. The lowest BCUT2D eigenvalue weighted by Gasteiger charge is -2.32. The van der Waals surface area contributed by atoms with Crippen molar-refractivity contribution in [3.05, 3.63) is 29.3 Å². The minimum Gasteiger partial charge on any atom is -0.493 e. The molecule has 0 aromatic heterocycles. The summed E-state index contributed by atoms with van der Waals surface area (Å²) in [7, 11) is 0. The third-order valence-corrected chi connectivity index (χ3v) is 5.03. The zero-order valence-corrected chi connectivity index (χ0v) is 13.4. The largest absolute Gasteiger partial charge is 0.493 e. The van der Waals surface area contributed by atoms with Gasteiger partial charge >= 0.3 is 0 Å². The lowest BCUT2D eigenvalue weighted by Crippen LogP contribution is -2.30. The molecule has 0 amide bonds. The number of aryl methyl sites for hydroxylation is 1. The van der Waals surface area contributed by atoms with E-state index in [0.717, 1.165) is 31.2 Å². The van der Waals surface area contributed by atoms with E-state index in [1.807, 2.05) is 0 Å². The Labute approximate surface area is 129 Å². The molecule has 21 heavy (non-hydrogen) atoms. The van der Waals surface area contributed by atoms with E-state index in [2.05, 4.69) is 30.4 Å². The van der Waals surface area contributed by atoms with Gasteiger partial charge in [-0.25, -0.2) is 0 Å². The summed E-state index contributed by atoms with van der Waals surface area (Å²) >= 11 is 0. The average Bonchev–Trinajstić information content (AvgIpc) is 2.56. The molecule has 1 aliphatic carbocycles. The number of fused-ring (bicyclic) bond motifs is 1. The van der Waals surface area contributed by atoms with Gasteiger partial charge in [0, 0.05) is 6.04 Å². The second-order valence-electron chi connectivity index (χ2n) is 6.65. The van der Waals surface area contributed by atoms with Gasteiger partial charge in [0.1, 0.15) is 5.75 Å². The average molecular weight is 287 g/mol. The Morgan fingerprint density at radius 1 is 1.19 bits per heavy atom. The van der Waals surface area contributed by atoms with Gasteiger partial charge in [0.05, 0.1) is 6.61 Å². The second-order valence-corrected chi connectivity index (χ2v) is 6.65. The SMILES string of the molecule is CCCNC(c1ccc2c(c1)CCCO2)C1CCCCC1. The maximum atomic E-state index is 5.76. The van der Waals surface area contributed by atoms with Crippen LogP contribution in [0.1, 0.15) is 69.0 Å². The number of rotatable bonds is 5. The smallest absolute Gasteiger partial charge is 0.122 e. The van der Waals surface area contributed by atoms with Crippen molar-refractivity contribution in [3.63, 3.8) is 0 Å². The van der Waals surface area contributed by atoms with E-state index < -0.39 is 0 Å². The molecule has 1 atom stereocenters. The van der Waals surface area contributed by atoms with E-state index in [4.69, 9.17) is 4.74 Å². The Bertz CT molecular complexity index is 451. The van der Waals surface area contributed by atoms with Crippen LogP contribution in [0.15, 0.2) is 18.2 Å². The summed E-state index contributed by atoms with van der Waals surface area (Å²) in [6, 6.07) is 7.45. The quantitative estimate of drug-likeness (QED) is 0.852. The van der Waals surface area contributed by atoms with Crippen LogP contribution in [0.25, 0.3) is 0 Å². The van der Waals surface area contributed by atoms with Gasteiger partial charge < -0.3 is 10.1 Å². The molecule has 0 spiro atoms. The zero-order valence-electron chi connectivity index (χ0n) is 13.4. The summed E-state index contributed by atoms with van der Waals surface area (Å²) in [5.41, 5.74) is 2.90. The first-order chi connectivity index (χ1) is 10.4. The van der Waals surface area contributed by atoms with Gasteiger partial charge in [0.15, 0.2) is 0 Å². The van der Waals surface area contributed by atoms with E-state index in [0.29, 0.717) is 6.04 Å². The van der Waals surface area contributed by atoms with Crippen LogP contribution >= 0.6 is 0 Å². The number of benzene rings is 1. The number of nitrogens with one attached hydrogen (secondary N) is 1. The molecule has 1 heterocycles. The van der Waals surface area contributed by atoms with E-state index >= 15 is 0 Å². The Kier molecular flexibility index (Phi) is 5.18. The van der Waals surface area contributed by atoms with Crippen LogP contribution in [0.4, 0.5) is 0 Å². The monoisotopic (exact) mass is 287 g/mol. The highest BCUT2D eigenvalue weighted by molar-refractivity contribution is 5.39. The molecule has 0 bridgehead atoms. The molecule has 1 aromatic carbocycles. The van der Waals surface area contributed by atoms with Crippen LogP contribution < -0.4 is 10.1 Å². The van der Waals surface area contributed by atoms with Crippen molar-refractivity contribution < 1.29 is 4.74 Å². The van der Waals surface area contributed by atoms with Gasteiger partial charge in [-0.05, 0) is 61.8 Å². The third-order valence-electron chi connectivity index (χ3n) is 5.03. The fourth-order valence-corrected chi connectivity index (χ4v) is 3.90. The van der Waals surface area contributed by atoms with Crippen molar-refractivity contribution in [1.82, 2.24) is 5.32 Å². The van der Waals surface area contributed by atoms with Crippen LogP contribution in [0.5, 0.6) is 5.75 Å². The predicted octanol–water partition coefficient (Wildman–Crippen LogP) is 4.63. The minimum absolute atomic E-state index is 0.539. The van der Waals surface area contributed by atoms with Crippen LogP contribution in [-0.2, 0) is 6.42 Å². The highest BCUT2D eigenvalue weighted by atomic mass is 16.5. The molecule has 0 radical (unpaired) electrons. The molecule has 1 fully saturated rings. The first-order valence-corrected chi connectivity index (χ1v) is 8.87. The molecular formula is C19H29NO. The second kappa shape index (κ2) is 7.31. The van der Waals surface area contributed by atoms with E-state index in [-0.39, 0.29) is 0 Å². The Morgan fingerprint density at radius 2 is 2.05 bits per heavy atom. The summed E-state index contributed by atoms with van der Waals surface area (Å²) < 4.78 is 5.76.